The van der Waals surface area contributed by atoms with E-state index in [0.717, 1.165) is 6.26 Å². The van der Waals surface area contributed by atoms with Crippen LogP contribution in [0, 0.1) is 4.77 Å². The average molecular weight is 286 g/mol. The van der Waals surface area contributed by atoms with E-state index in [1.165, 1.54) is 18.2 Å². The monoisotopic (exact) mass is 286 g/mol. The molecule has 0 unspecified atom stereocenters. The van der Waals surface area contributed by atoms with Crippen molar-refractivity contribution in [2.45, 2.75) is 0 Å². The molecule has 0 bridgehead atoms. The Hall–Kier alpha value is -1.87. The molecule has 0 atom stereocenters. The van der Waals surface area contributed by atoms with E-state index < -0.39 is 10.0 Å². The number of H-pyrrole nitrogens is 2. The van der Waals surface area contributed by atoms with Crippen LogP contribution in [0.4, 0.5) is 5.69 Å². The lowest BCUT2D eigenvalue weighted by atomic mass is 10.2. The summed E-state index contributed by atoms with van der Waals surface area (Å²) in [5, 5.41) is 15.1. The lowest BCUT2D eigenvalue weighted by Gasteiger charge is -2.06. The van der Waals surface area contributed by atoms with Crippen molar-refractivity contribution in [1.82, 2.24) is 15.2 Å². The predicted molar refractivity (Wildman–Crippen MR) is 69.3 cm³/mol. The van der Waals surface area contributed by atoms with Gasteiger partial charge in [-0.1, -0.05) is 0 Å². The third-order valence-corrected chi connectivity index (χ3v) is 2.86. The summed E-state index contributed by atoms with van der Waals surface area (Å²) in [6, 6.07) is 4.34. The van der Waals surface area contributed by atoms with Gasteiger partial charge >= 0.3 is 0 Å². The molecule has 0 radical (unpaired) electrons. The molecule has 96 valence electrons. The van der Waals surface area contributed by atoms with E-state index in [1.54, 1.807) is 0 Å². The topological polar surface area (TPSA) is 111 Å². The fraction of sp³-hybridized carbons (Fsp3) is 0.111. The van der Waals surface area contributed by atoms with Crippen molar-refractivity contribution in [1.29, 1.82) is 0 Å². The smallest absolute Gasteiger partial charge is 0.229 e. The Labute approximate surface area is 108 Å². The number of aromatic amines is 2. The first kappa shape index (κ1) is 12.6. The number of nitrogens with one attached hydrogen (secondary N) is 3. The number of hydrogen-bond donors (Lipinski definition) is 4. The number of benzene rings is 1. The fourth-order valence-electron chi connectivity index (χ4n) is 1.41. The zero-order valence-electron chi connectivity index (χ0n) is 9.26. The van der Waals surface area contributed by atoms with Crippen molar-refractivity contribution >= 4 is 27.9 Å². The minimum atomic E-state index is -3.37. The molecule has 0 saturated carbocycles. The highest BCUT2D eigenvalue weighted by Crippen LogP contribution is 2.29. The van der Waals surface area contributed by atoms with Crippen LogP contribution >= 0.6 is 12.2 Å². The molecule has 0 aliphatic rings. The minimum absolute atomic E-state index is 0.110. The van der Waals surface area contributed by atoms with Gasteiger partial charge in [0.15, 0.2) is 5.82 Å². The van der Waals surface area contributed by atoms with Gasteiger partial charge in [-0.3, -0.25) is 14.9 Å². The molecule has 1 aromatic carbocycles. The molecular formula is C9H10N4O3S2. The number of aromatic nitrogens is 3. The van der Waals surface area contributed by atoms with E-state index in [-0.39, 0.29) is 16.2 Å². The maximum absolute atomic E-state index is 11.0. The standard InChI is InChI=1S/C9H10N4O3S2/c1-18(15,16)13-5-2-3-6(7(14)4-5)8-10-9(17)12-11-8/h2-4,13-14H,1H3,(H2,10,11,12,17). The third-order valence-electron chi connectivity index (χ3n) is 2.06. The number of phenolic OH excluding ortho intramolecular Hbond substituents is 1. The van der Waals surface area contributed by atoms with Crippen LogP contribution in [0.25, 0.3) is 11.4 Å². The lowest BCUT2D eigenvalue weighted by molar-refractivity contribution is 0.477. The van der Waals surface area contributed by atoms with Gasteiger partial charge in [-0.05, 0) is 24.4 Å². The normalized spacial score (nSPS) is 11.4. The van der Waals surface area contributed by atoms with Crippen LogP contribution in [0.1, 0.15) is 0 Å². The van der Waals surface area contributed by atoms with Crippen molar-refractivity contribution in [3.63, 3.8) is 0 Å². The summed E-state index contributed by atoms with van der Waals surface area (Å²) in [4.78, 5) is 3.95. The van der Waals surface area contributed by atoms with Crippen LogP contribution in [-0.4, -0.2) is 35.0 Å². The summed E-state index contributed by atoms with van der Waals surface area (Å²) in [5.74, 6) is 0.268. The van der Waals surface area contributed by atoms with Gasteiger partial charge < -0.3 is 5.11 Å². The zero-order valence-corrected chi connectivity index (χ0v) is 10.9. The van der Waals surface area contributed by atoms with Crippen LogP contribution < -0.4 is 4.72 Å². The molecule has 0 aliphatic heterocycles. The number of phenols is 1. The lowest BCUT2D eigenvalue weighted by Crippen LogP contribution is -2.09. The number of sulfonamides is 1. The van der Waals surface area contributed by atoms with E-state index in [0.29, 0.717) is 11.4 Å². The van der Waals surface area contributed by atoms with E-state index in [1.807, 2.05) is 0 Å². The summed E-state index contributed by atoms with van der Waals surface area (Å²) in [5.41, 5.74) is 0.689. The largest absolute Gasteiger partial charge is 0.507 e. The Kier molecular flexibility index (Phi) is 3.09. The number of rotatable bonds is 3. The Balaban J connectivity index is 2.39. The third kappa shape index (κ3) is 2.87. The van der Waals surface area contributed by atoms with Gasteiger partial charge in [0.1, 0.15) is 5.75 Å². The first-order valence-corrected chi connectivity index (χ1v) is 7.11. The van der Waals surface area contributed by atoms with Gasteiger partial charge in [0.2, 0.25) is 14.8 Å². The summed E-state index contributed by atoms with van der Waals surface area (Å²) in [7, 11) is -3.37. The zero-order chi connectivity index (χ0) is 13.3. The van der Waals surface area contributed by atoms with Gasteiger partial charge in [0, 0.05) is 6.07 Å². The van der Waals surface area contributed by atoms with E-state index in [9.17, 15) is 13.5 Å². The SMILES string of the molecule is CS(=O)(=O)Nc1ccc(-c2nc(=S)[nH][nH]2)c(O)c1. The molecule has 18 heavy (non-hydrogen) atoms. The molecule has 2 aromatic rings. The molecule has 0 saturated heterocycles. The second kappa shape index (κ2) is 4.42. The van der Waals surface area contributed by atoms with E-state index in [2.05, 4.69) is 19.9 Å². The molecule has 0 amide bonds. The molecule has 1 aromatic heterocycles. The molecule has 1 heterocycles. The first-order chi connectivity index (χ1) is 8.35. The summed E-state index contributed by atoms with van der Waals surface area (Å²) in [6.45, 7) is 0. The van der Waals surface area contributed by atoms with Crippen LogP contribution in [0.5, 0.6) is 5.75 Å². The van der Waals surface area contributed by atoms with Crippen molar-refractivity contribution in [3.05, 3.63) is 23.0 Å². The molecule has 9 heteroatoms. The Morgan fingerprint density at radius 2 is 2.11 bits per heavy atom. The second-order valence-corrected chi connectivity index (χ2v) is 5.76. The highest BCUT2D eigenvalue weighted by Gasteiger charge is 2.09. The average Bonchev–Trinajstić information content (AvgIpc) is 2.62. The first-order valence-electron chi connectivity index (χ1n) is 4.81. The highest BCUT2D eigenvalue weighted by atomic mass is 32.2. The summed E-state index contributed by atoms with van der Waals surface area (Å²) < 4.78 is 24.6. The molecule has 2 rings (SSSR count). The van der Waals surface area contributed by atoms with Gasteiger partial charge in [-0.25, -0.2) is 8.42 Å². The van der Waals surface area contributed by atoms with E-state index in [4.69, 9.17) is 12.2 Å². The van der Waals surface area contributed by atoms with Crippen LogP contribution in [0.2, 0.25) is 0 Å². The highest BCUT2D eigenvalue weighted by molar-refractivity contribution is 7.92. The van der Waals surface area contributed by atoms with E-state index >= 15 is 0 Å². The van der Waals surface area contributed by atoms with Crippen molar-refractivity contribution < 1.29 is 13.5 Å². The summed E-state index contributed by atoms with van der Waals surface area (Å²) >= 11 is 4.80. The molecule has 0 spiro atoms. The molecule has 7 nitrogen and oxygen atoms in total. The molecule has 0 aliphatic carbocycles. The van der Waals surface area contributed by atoms with Crippen LogP contribution in [-0.2, 0) is 10.0 Å². The second-order valence-electron chi connectivity index (χ2n) is 3.62. The van der Waals surface area contributed by atoms with Gasteiger partial charge in [-0.15, -0.1) is 0 Å². The Morgan fingerprint density at radius 3 is 2.61 bits per heavy atom. The molecule has 0 fully saturated rings. The van der Waals surface area contributed by atoms with Crippen molar-refractivity contribution in [3.8, 4) is 17.1 Å². The maximum atomic E-state index is 11.0. The van der Waals surface area contributed by atoms with Crippen LogP contribution in [0.15, 0.2) is 18.2 Å². The summed E-state index contributed by atoms with van der Waals surface area (Å²) in [6.07, 6.45) is 1.03. The van der Waals surface area contributed by atoms with Crippen molar-refractivity contribution in [2.24, 2.45) is 0 Å². The number of nitrogens with zero attached hydrogens (tertiary/aromatic N) is 1. The maximum Gasteiger partial charge on any atom is 0.229 e. The Morgan fingerprint density at radius 1 is 1.39 bits per heavy atom. The molecule has 4 N–H and O–H groups in total. The van der Waals surface area contributed by atoms with Crippen molar-refractivity contribution in [2.75, 3.05) is 11.0 Å². The minimum Gasteiger partial charge on any atom is -0.507 e. The van der Waals surface area contributed by atoms with Gasteiger partial charge in [0.25, 0.3) is 0 Å². The predicted octanol–water partition coefficient (Wildman–Crippen LogP) is 1.21. The quantitative estimate of drug-likeness (QED) is 0.634. The Bertz CT molecular complexity index is 732. The number of anilines is 1. The fourth-order valence-corrected chi connectivity index (χ4v) is 2.10. The van der Waals surface area contributed by atoms with Gasteiger partial charge in [-0.2, -0.15) is 4.98 Å². The van der Waals surface area contributed by atoms with Crippen LogP contribution in [0.3, 0.4) is 0 Å². The van der Waals surface area contributed by atoms with Gasteiger partial charge in [0.05, 0.1) is 17.5 Å². The number of aromatic hydroxyl groups is 1. The molecular weight excluding hydrogens is 276 g/mol. The number of hydrogen-bond acceptors (Lipinski definition) is 5.